The van der Waals surface area contributed by atoms with Crippen LogP contribution < -0.4 is 16.4 Å². The fourth-order valence-electron chi connectivity index (χ4n) is 2.62. The second-order valence-electron chi connectivity index (χ2n) is 6.29. The van der Waals surface area contributed by atoms with Crippen LogP contribution in [-0.4, -0.2) is 34.2 Å². The first-order valence-electron chi connectivity index (χ1n) is 9.16. The van der Waals surface area contributed by atoms with Crippen molar-refractivity contribution in [2.75, 3.05) is 6.61 Å². The van der Waals surface area contributed by atoms with Crippen molar-refractivity contribution in [3.05, 3.63) is 40.3 Å². The van der Waals surface area contributed by atoms with Crippen LogP contribution in [-0.2, 0) is 20.9 Å². The number of aromatic nitrogens is 2. The van der Waals surface area contributed by atoms with Crippen LogP contribution >= 0.6 is 0 Å². The van der Waals surface area contributed by atoms with E-state index in [9.17, 15) is 19.2 Å². The highest BCUT2D eigenvalue weighted by Gasteiger charge is 2.19. The van der Waals surface area contributed by atoms with Gasteiger partial charge in [-0.15, -0.1) is 0 Å². The number of hydrogen-bond donors (Lipinski definition) is 2. The van der Waals surface area contributed by atoms with E-state index < -0.39 is 24.4 Å². The van der Waals surface area contributed by atoms with Gasteiger partial charge in [-0.3, -0.25) is 25.2 Å². The number of esters is 1. The zero-order valence-electron chi connectivity index (χ0n) is 16.0. The SMILES string of the molecule is CCCCCCn1nc(C(=O)OCC(=O)NNC(C)=O)c2ccccc2c1=O. The van der Waals surface area contributed by atoms with Gasteiger partial charge in [-0.25, -0.2) is 9.48 Å². The molecule has 2 rings (SSSR count). The van der Waals surface area contributed by atoms with Crippen LogP contribution in [0, 0.1) is 0 Å². The molecule has 1 aromatic carbocycles. The third-order valence-electron chi connectivity index (χ3n) is 4.00. The highest BCUT2D eigenvalue weighted by molar-refractivity contribution is 6.02. The molecule has 0 bridgehead atoms. The first-order chi connectivity index (χ1) is 13.4. The van der Waals surface area contributed by atoms with Crippen molar-refractivity contribution in [3.8, 4) is 0 Å². The summed E-state index contributed by atoms with van der Waals surface area (Å²) in [5.74, 6) is -1.97. The number of amides is 2. The average molecular weight is 388 g/mol. The molecule has 2 aromatic rings. The molecule has 150 valence electrons. The van der Waals surface area contributed by atoms with Gasteiger partial charge in [-0.05, 0) is 12.5 Å². The average Bonchev–Trinajstić information content (AvgIpc) is 2.69. The minimum absolute atomic E-state index is 0.0296. The summed E-state index contributed by atoms with van der Waals surface area (Å²) in [4.78, 5) is 47.5. The van der Waals surface area contributed by atoms with Crippen molar-refractivity contribution < 1.29 is 19.1 Å². The van der Waals surface area contributed by atoms with Gasteiger partial charge in [0.15, 0.2) is 12.3 Å². The van der Waals surface area contributed by atoms with Crippen LogP contribution in [0.2, 0.25) is 0 Å². The van der Waals surface area contributed by atoms with E-state index in [0.29, 0.717) is 17.3 Å². The van der Waals surface area contributed by atoms with Crippen LogP contribution in [0.4, 0.5) is 0 Å². The number of aryl methyl sites for hydroxylation is 1. The maximum absolute atomic E-state index is 12.6. The fraction of sp³-hybridized carbons (Fsp3) is 0.421. The van der Waals surface area contributed by atoms with Gasteiger partial charge in [0.1, 0.15) is 0 Å². The predicted octanol–water partition coefficient (Wildman–Crippen LogP) is 1.30. The number of hydrogen-bond acceptors (Lipinski definition) is 6. The van der Waals surface area contributed by atoms with Gasteiger partial charge >= 0.3 is 5.97 Å². The quantitative estimate of drug-likeness (QED) is 0.400. The molecule has 2 N–H and O–H groups in total. The van der Waals surface area contributed by atoms with Crippen LogP contribution in [0.15, 0.2) is 29.1 Å². The summed E-state index contributed by atoms with van der Waals surface area (Å²) in [5.41, 5.74) is 3.89. The Morgan fingerprint density at radius 1 is 1.07 bits per heavy atom. The molecular formula is C19H24N4O5. The third kappa shape index (κ3) is 5.63. The topological polar surface area (TPSA) is 119 Å². The summed E-state index contributed by atoms with van der Waals surface area (Å²) < 4.78 is 6.26. The maximum Gasteiger partial charge on any atom is 0.359 e. The normalized spacial score (nSPS) is 10.5. The number of carbonyl (C=O) groups is 3. The Morgan fingerprint density at radius 3 is 2.46 bits per heavy atom. The number of fused-ring (bicyclic) bond motifs is 1. The lowest BCUT2D eigenvalue weighted by atomic mass is 10.1. The molecule has 0 aliphatic carbocycles. The lowest BCUT2D eigenvalue weighted by molar-refractivity contribution is -0.129. The van der Waals surface area contributed by atoms with Crippen molar-refractivity contribution >= 4 is 28.6 Å². The predicted molar refractivity (Wildman–Crippen MR) is 102 cm³/mol. The minimum Gasteiger partial charge on any atom is -0.451 e. The van der Waals surface area contributed by atoms with E-state index in [0.717, 1.165) is 25.7 Å². The Labute approximate surface area is 162 Å². The van der Waals surface area contributed by atoms with E-state index in [1.54, 1.807) is 24.3 Å². The van der Waals surface area contributed by atoms with Gasteiger partial charge in [-0.1, -0.05) is 44.4 Å². The first-order valence-corrected chi connectivity index (χ1v) is 9.16. The molecule has 28 heavy (non-hydrogen) atoms. The van der Waals surface area contributed by atoms with E-state index in [4.69, 9.17) is 4.74 Å². The molecule has 0 spiro atoms. The van der Waals surface area contributed by atoms with E-state index in [1.807, 2.05) is 0 Å². The Balaban J connectivity index is 2.20. The zero-order chi connectivity index (χ0) is 20.5. The van der Waals surface area contributed by atoms with Gasteiger partial charge in [0.25, 0.3) is 11.5 Å². The molecule has 0 fully saturated rings. The van der Waals surface area contributed by atoms with Gasteiger partial charge in [0.2, 0.25) is 5.91 Å². The monoisotopic (exact) mass is 388 g/mol. The van der Waals surface area contributed by atoms with E-state index in [1.165, 1.54) is 11.6 Å². The summed E-state index contributed by atoms with van der Waals surface area (Å²) in [5, 5.41) is 4.91. The van der Waals surface area contributed by atoms with Crippen LogP contribution in [0.3, 0.4) is 0 Å². The van der Waals surface area contributed by atoms with Crippen molar-refractivity contribution in [1.82, 2.24) is 20.6 Å². The molecule has 1 heterocycles. The Morgan fingerprint density at radius 2 is 1.79 bits per heavy atom. The van der Waals surface area contributed by atoms with Crippen LogP contribution in [0.5, 0.6) is 0 Å². The standard InChI is InChI=1S/C19H24N4O5/c1-3-4-5-8-11-23-18(26)15-10-7-6-9-14(15)17(22-23)19(27)28-12-16(25)21-20-13(2)24/h6-7,9-10H,3-5,8,11-12H2,1-2H3,(H,20,24)(H,21,25). The van der Waals surface area contributed by atoms with Crippen molar-refractivity contribution in [2.45, 2.75) is 46.1 Å². The molecule has 0 unspecified atom stereocenters. The van der Waals surface area contributed by atoms with E-state index >= 15 is 0 Å². The number of hydrazine groups is 1. The van der Waals surface area contributed by atoms with E-state index in [-0.39, 0.29) is 11.3 Å². The molecule has 1 aromatic heterocycles. The highest BCUT2D eigenvalue weighted by Crippen LogP contribution is 2.14. The number of benzene rings is 1. The molecule has 9 heteroatoms. The van der Waals surface area contributed by atoms with Gasteiger partial charge in [0, 0.05) is 18.9 Å². The molecule has 0 saturated heterocycles. The fourth-order valence-corrected chi connectivity index (χ4v) is 2.62. The van der Waals surface area contributed by atoms with Gasteiger partial charge in [0.05, 0.1) is 5.39 Å². The summed E-state index contributed by atoms with van der Waals surface area (Å²) in [6.45, 7) is 3.13. The van der Waals surface area contributed by atoms with Gasteiger partial charge in [-0.2, -0.15) is 5.10 Å². The molecule has 0 aliphatic heterocycles. The number of nitrogens with one attached hydrogen (secondary N) is 2. The molecule has 2 amide bonds. The van der Waals surface area contributed by atoms with Gasteiger partial charge < -0.3 is 4.74 Å². The highest BCUT2D eigenvalue weighted by atomic mass is 16.5. The number of unbranched alkanes of at least 4 members (excludes halogenated alkanes) is 3. The largest absolute Gasteiger partial charge is 0.451 e. The summed E-state index contributed by atoms with van der Waals surface area (Å²) in [7, 11) is 0. The summed E-state index contributed by atoms with van der Waals surface area (Å²) in [6, 6.07) is 6.64. The van der Waals surface area contributed by atoms with E-state index in [2.05, 4.69) is 22.9 Å². The summed E-state index contributed by atoms with van der Waals surface area (Å²) in [6.07, 6.45) is 3.85. The zero-order valence-corrected chi connectivity index (χ0v) is 16.0. The lowest BCUT2D eigenvalue weighted by Gasteiger charge is -2.11. The number of ether oxygens (including phenoxy) is 1. The van der Waals surface area contributed by atoms with Crippen molar-refractivity contribution in [1.29, 1.82) is 0 Å². The van der Waals surface area contributed by atoms with Crippen molar-refractivity contribution in [2.24, 2.45) is 0 Å². The third-order valence-corrected chi connectivity index (χ3v) is 4.00. The number of rotatable bonds is 8. The molecule has 9 nitrogen and oxygen atoms in total. The Bertz CT molecular complexity index is 922. The Kier molecular flexibility index (Phi) is 7.67. The lowest BCUT2D eigenvalue weighted by Crippen LogP contribution is -2.42. The smallest absolute Gasteiger partial charge is 0.359 e. The first kappa shape index (κ1) is 21.1. The summed E-state index contributed by atoms with van der Waals surface area (Å²) >= 11 is 0. The Hall–Kier alpha value is -3.23. The second-order valence-corrected chi connectivity index (χ2v) is 6.29. The second kappa shape index (κ2) is 10.2. The molecule has 0 aliphatic rings. The molecular weight excluding hydrogens is 364 g/mol. The molecule has 0 saturated carbocycles. The van der Waals surface area contributed by atoms with Crippen LogP contribution in [0.1, 0.15) is 50.0 Å². The van der Waals surface area contributed by atoms with Crippen LogP contribution in [0.25, 0.3) is 10.8 Å². The molecule has 0 radical (unpaired) electrons. The van der Waals surface area contributed by atoms with Crippen molar-refractivity contribution in [3.63, 3.8) is 0 Å². The number of carbonyl (C=O) groups excluding carboxylic acids is 3. The maximum atomic E-state index is 12.6. The molecule has 0 atom stereocenters. The minimum atomic E-state index is -0.823. The number of nitrogens with zero attached hydrogens (tertiary/aromatic N) is 2.